The van der Waals surface area contributed by atoms with Crippen molar-refractivity contribution in [1.29, 1.82) is 0 Å². The van der Waals surface area contributed by atoms with Gasteiger partial charge in [-0.15, -0.1) is 0 Å². The Bertz CT molecular complexity index is 881. The fourth-order valence-electron chi connectivity index (χ4n) is 3.05. The highest BCUT2D eigenvalue weighted by molar-refractivity contribution is 7.90. The summed E-state index contributed by atoms with van der Waals surface area (Å²) in [6.45, 7) is 6.03. The van der Waals surface area contributed by atoms with Crippen molar-refractivity contribution in [1.82, 2.24) is 9.80 Å². The van der Waals surface area contributed by atoms with Gasteiger partial charge in [-0.05, 0) is 42.9 Å². The minimum atomic E-state index is -3.57. The Hall–Kier alpha value is -2.32. The minimum Gasteiger partial charge on any atom is -0.497 e. The van der Waals surface area contributed by atoms with Gasteiger partial charge in [0.1, 0.15) is 17.3 Å². The molecular formula is C19H24N2O5S. The lowest BCUT2D eigenvalue weighted by molar-refractivity contribution is 0.0611. The first kappa shape index (κ1) is 19.4. The van der Waals surface area contributed by atoms with Gasteiger partial charge in [-0.3, -0.25) is 4.79 Å². The van der Waals surface area contributed by atoms with E-state index in [1.165, 1.54) is 19.2 Å². The highest BCUT2D eigenvalue weighted by Gasteiger charge is 2.25. The van der Waals surface area contributed by atoms with Crippen LogP contribution in [0.25, 0.3) is 0 Å². The quantitative estimate of drug-likeness (QED) is 0.748. The van der Waals surface area contributed by atoms with E-state index in [9.17, 15) is 13.2 Å². The Morgan fingerprint density at radius 2 is 1.74 bits per heavy atom. The molecule has 2 heterocycles. The number of piperazine rings is 1. The monoisotopic (exact) mass is 392 g/mol. The zero-order chi connectivity index (χ0) is 19.4. The van der Waals surface area contributed by atoms with Crippen LogP contribution in [-0.2, 0) is 15.6 Å². The maximum absolute atomic E-state index is 12.6. The molecule has 0 bridgehead atoms. The number of hydrogen-bond acceptors (Lipinski definition) is 6. The van der Waals surface area contributed by atoms with Crippen molar-refractivity contribution in [3.05, 3.63) is 47.9 Å². The van der Waals surface area contributed by atoms with E-state index in [1.54, 1.807) is 29.2 Å². The molecule has 0 unspecified atom stereocenters. The first-order valence-electron chi connectivity index (χ1n) is 8.90. The maximum Gasteiger partial charge on any atom is 0.289 e. The average molecular weight is 392 g/mol. The Labute approximate surface area is 159 Å². The van der Waals surface area contributed by atoms with Gasteiger partial charge in [0.05, 0.1) is 12.0 Å². The van der Waals surface area contributed by atoms with E-state index in [1.807, 2.05) is 0 Å². The zero-order valence-electron chi connectivity index (χ0n) is 15.6. The summed E-state index contributed by atoms with van der Waals surface area (Å²) >= 11 is 0. The van der Waals surface area contributed by atoms with Gasteiger partial charge in [0.25, 0.3) is 5.91 Å². The van der Waals surface area contributed by atoms with Crippen LogP contribution in [0.15, 0.2) is 45.7 Å². The molecule has 1 fully saturated rings. The Morgan fingerprint density at radius 1 is 1.07 bits per heavy atom. The molecule has 146 valence electrons. The molecule has 27 heavy (non-hydrogen) atoms. The topological polar surface area (TPSA) is 80.1 Å². The summed E-state index contributed by atoms with van der Waals surface area (Å²) in [5.74, 6) is 0.527. The third-order valence-electron chi connectivity index (χ3n) is 4.73. The molecule has 1 aromatic heterocycles. The molecule has 0 saturated carbocycles. The van der Waals surface area contributed by atoms with Crippen molar-refractivity contribution >= 4 is 15.7 Å². The van der Waals surface area contributed by atoms with E-state index in [4.69, 9.17) is 9.15 Å². The fourth-order valence-corrected chi connectivity index (χ4v) is 4.29. The minimum absolute atomic E-state index is 0.180. The molecule has 1 amide bonds. The van der Waals surface area contributed by atoms with Crippen molar-refractivity contribution in [2.75, 3.05) is 39.8 Å². The number of sulfone groups is 1. The third kappa shape index (κ3) is 4.51. The number of amides is 1. The molecule has 8 heteroatoms. The number of hydrogen-bond donors (Lipinski definition) is 0. The number of benzene rings is 1. The van der Waals surface area contributed by atoms with Gasteiger partial charge in [0.2, 0.25) is 0 Å². The molecule has 7 nitrogen and oxygen atoms in total. The molecule has 1 aliphatic heterocycles. The van der Waals surface area contributed by atoms with E-state index < -0.39 is 9.84 Å². The summed E-state index contributed by atoms with van der Waals surface area (Å²) in [5.41, 5.74) is 0. The predicted molar refractivity (Wildman–Crippen MR) is 101 cm³/mol. The largest absolute Gasteiger partial charge is 0.497 e. The first-order chi connectivity index (χ1) is 12.9. The number of methoxy groups -OCH3 is 1. The summed E-state index contributed by atoms with van der Waals surface area (Å²) in [6, 6.07) is 9.29. The number of rotatable bonds is 6. The van der Waals surface area contributed by atoms with E-state index in [-0.39, 0.29) is 28.1 Å². The molecule has 0 N–H and O–H groups in total. The van der Waals surface area contributed by atoms with Crippen LogP contribution in [0.5, 0.6) is 5.75 Å². The van der Waals surface area contributed by atoms with Gasteiger partial charge in [-0.25, -0.2) is 8.42 Å². The molecule has 0 radical (unpaired) electrons. The smallest absolute Gasteiger partial charge is 0.289 e. The molecule has 0 atom stereocenters. The lowest BCUT2D eigenvalue weighted by atomic mass is 10.3. The van der Waals surface area contributed by atoms with Gasteiger partial charge in [-0.1, -0.05) is 6.92 Å². The molecular weight excluding hydrogens is 368 g/mol. The number of likely N-dealkylation sites (N-methyl/N-ethyl adjacent to an activating group) is 1. The fraction of sp³-hybridized carbons (Fsp3) is 0.421. The van der Waals surface area contributed by atoms with Crippen LogP contribution < -0.4 is 4.74 Å². The van der Waals surface area contributed by atoms with E-state index in [2.05, 4.69) is 11.8 Å². The SMILES string of the molecule is CCN1CCN(C(=O)c2ccc(CS(=O)(=O)c3ccc(OC)cc3)o2)CC1. The summed E-state index contributed by atoms with van der Waals surface area (Å²) in [6.07, 6.45) is 0. The maximum atomic E-state index is 12.6. The molecule has 1 aromatic carbocycles. The van der Waals surface area contributed by atoms with Crippen molar-refractivity contribution in [3.63, 3.8) is 0 Å². The van der Waals surface area contributed by atoms with Crippen molar-refractivity contribution in [2.45, 2.75) is 17.6 Å². The number of nitrogens with zero attached hydrogens (tertiary/aromatic N) is 2. The standard InChI is InChI=1S/C19H24N2O5S/c1-3-20-10-12-21(13-11-20)19(22)18-9-6-16(26-18)14-27(23,24)17-7-4-15(25-2)5-8-17/h4-9H,3,10-14H2,1-2H3. The van der Waals surface area contributed by atoms with Gasteiger partial charge in [0, 0.05) is 26.2 Å². The van der Waals surface area contributed by atoms with E-state index in [0.717, 1.165) is 19.6 Å². The summed E-state index contributed by atoms with van der Waals surface area (Å²) in [7, 11) is -2.05. The molecule has 3 rings (SSSR count). The first-order valence-corrected chi connectivity index (χ1v) is 10.6. The highest BCUT2D eigenvalue weighted by atomic mass is 32.2. The van der Waals surface area contributed by atoms with Crippen LogP contribution in [0.1, 0.15) is 23.2 Å². The summed E-state index contributed by atoms with van der Waals surface area (Å²) in [4.78, 5) is 16.8. The van der Waals surface area contributed by atoms with Crippen LogP contribution in [0.4, 0.5) is 0 Å². The summed E-state index contributed by atoms with van der Waals surface area (Å²) < 4.78 is 35.7. The van der Waals surface area contributed by atoms with Gasteiger partial charge in [0.15, 0.2) is 15.6 Å². The lowest BCUT2D eigenvalue weighted by Crippen LogP contribution is -2.48. The zero-order valence-corrected chi connectivity index (χ0v) is 16.4. The number of ether oxygens (including phenoxy) is 1. The van der Waals surface area contributed by atoms with Gasteiger partial charge in [-0.2, -0.15) is 0 Å². The Kier molecular flexibility index (Phi) is 5.86. The second-order valence-corrected chi connectivity index (χ2v) is 8.42. The van der Waals surface area contributed by atoms with Crippen molar-refractivity contribution in [3.8, 4) is 5.75 Å². The number of furan rings is 1. The molecule has 1 aliphatic rings. The number of carbonyl (C=O) groups excluding carboxylic acids is 1. The van der Waals surface area contributed by atoms with Crippen LogP contribution in [0.3, 0.4) is 0 Å². The normalized spacial score (nSPS) is 15.7. The third-order valence-corrected chi connectivity index (χ3v) is 6.38. The van der Waals surface area contributed by atoms with Gasteiger partial charge < -0.3 is 19.0 Å². The van der Waals surface area contributed by atoms with E-state index in [0.29, 0.717) is 18.8 Å². The second-order valence-electron chi connectivity index (χ2n) is 6.43. The lowest BCUT2D eigenvalue weighted by Gasteiger charge is -2.33. The van der Waals surface area contributed by atoms with Crippen LogP contribution in [-0.4, -0.2) is 64.0 Å². The van der Waals surface area contributed by atoms with E-state index >= 15 is 0 Å². The predicted octanol–water partition coefficient (Wildman–Crippen LogP) is 2.04. The number of carbonyl (C=O) groups is 1. The molecule has 0 aliphatic carbocycles. The molecule has 2 aromatic rings. The van der Waals surface area contributed by atoms with Crippen LogP contribution in [0.2, 0.25) is 0 Å². The summed E-state index contributed by atoms with van der Waals surface area (Å²) in [5, 5.41) is 0. The molecule has 0 spiro atoms. The van der Waals surface area contributed by atoms with Crippen molar-refractivity contribution in [2.24, 2.45) is 0 Å². The molecule has 1 saturated heterocycles. The Morgan fingerprint density at radius 3 is 2.33 bits per heavy atom. The van der Waals surface area contributed by atoms with Gasteiger partial charge >= 0.3 is 0 Å². The highest BCUT2D eigenvalue weighted by Crippen LogP contribution is 2.21. The average Bonchev–Trinajstić information content (AvgIpc) is 3.15. The second kappa shape index (κ2) is 8.14. The van der Waals surface area contributed by atoms with Crippen LogP contribution >= 0.6 is 0 Å². The van der Waals surface area contributed by atoms with Crippen LogP contribution in [0, 0.1) is 0 Å². The van der Waals surface area contributed by atoms with Crippen molar-refractivity contribution < 1.29 is 22.4 Å². The Balaban J connectivity index is 1.67.